The number of carbonyl (C=O) groups excluding carboxylic acids is 1. The number of carbonyl (C=O) groups is 2. The van der Waals surface area contributed by atoms with E-state index < -0.39 is 36.7 Å². The predicted octanol–water partition coefficient (Wildman–Crippen LogP) is 2.00. The van der Waals surface area contributed by atoms with Crippen LogP contribution in [0.4, 0.5) is 13.2 Å². The fourth-order valence-corrected chi connectivity index (χ4v) is 1.47. The summed E-state index contributed by atoms with van der Waals surface area (Å²) >= 11 is 0. The first-order valence-electron chi connectivity index (χ1n) is 5.74. The Morgan fingerprint density at radius 1 is 1.21 bits per heavy atom. The number of ether oxygens (including phenoxy) is 2. The molecule has 0 aliphatic heterocycles. The molecule has 0 aliphatic rings. The Morgan fingerprint density at radius 2 is 1.79 bits per heavy atom. The van der Waals surface area contributed by atoms with Crippen LogP contribution in [0.5, 0.6) is 0 Å². The van der Waals surface area contributed by atoms with Crippen LogP contribution in [-0.2, 0) is 19.1 Å². The molecule has 5 nitrogen and oxygen atoms in total. The van der Waals surface area contributed by atoms with Crippen LogP contribution in [0.2, 0.25) is 0 Å². The third-order valence-corrected chi connectivity index (χ3v) is 2.62. The van der Waals surface area contributed by atoms with Gasteiger partial charge in [-0.15, -0.1) is 0 Å². The van der Waals surface area contributed by atoms with Gasteiger partial charge < -0.3 is 14.6 Å². The first kappa shape index (κ1) is 17.7. The van der Waals surface area contributed by atoms with Crippen molar-refractivity contribution in [2.45, 2.75) is 32.9 Å². The highest BCUT2D eigenvalue weighted by Gasteiger charge is 2.46. The Labute approximate surface area is 108 Å². The lowest BCUT2D eigenvalue weighted by Crippen LogP contribution is -2.41. The molecule has 0 fully saturated rings. The standard InChI is InChI=1S/C11H17F3O5/c1-3-10(8(15)16,9(17)19-4-2)5-6-18-7-11(12,13)14/h3-7H2,1-2H3,(H,15,16). The molecule has 19 heavy (non-hydrogen) atoms. The molecule has 0 spiro atoms. The molecule has 8 heteroatoms. The molecule has 0 heterocycles. The lowest BCUT2D eigenvalue weighted by atomic mass is 9.82. The topological polar surface area (TPSA) is 72.8 Å². The van der Waals surface area contributed by atoms with E-state index >= 15 is 0 Å². The zero-order chi connectivity index (χ0) is 15.1. The highest BCUT2D eigenvalue weighted by atomic mass is 19.4. The van der Waals surface area contributed by atoms with Crippen molar-refractivity contribution in [3.8, 4) is 0 Å². The molecule has 1 N–H and O–H groups in total. The summed E-state index contributed by atoms with van der Waals surface area (Å²) in [5.41, 5.74) is -1.86. The first-order valence-corrected chi connectivity index (χ1v) is 5.74. The lowest BCUT2D eigenvalue weighted by molar-refractivity contribution is -0.180. The normalized spacial score (nSPS) is 14.8. The molecule has 0 saturated heterocycles. The largest absolute Gasteiger partial charge is 0.480 e. The van der Waals surface area contributed by atoms with Gasteiger partial charge in [0.25, 0.3) is 0 Å². The molecular weight excluding hydrogens is 269 g/mol. The van der Waals surface area contributed by atoms with Crippen LogP contribution in [0.3, 0.4) is 0 Å². The maximum Gasteiger partial charge on any atom is 0.411 e. The highest BCUT2D eigenvalue weighted by Crippen LogP contribution is 2.29. The number of hydrogen-bond acceptors (Lipinski definition) is 4. The van der Waals surface area contributed by atoms with Crippen molar-refractivity contribution < 1.29 is 37.3 Å². The van der Waals surface area contributed by atoms with Gasteiger partial charge in [0.15, 0.2) is 5.41 Å². The summed E-state index contributed by atoms with van der Waals surface area (Å²) in [5.74, 6) is -2.38. The third kappa shape index (κ3) is 5.46. The van der Waals surface area contributed by atoms with E-state index in [1.165, 1.54) is 13.8 Å². The number of carboxylic acids is 1. The van der Waals surface area contributed by atoms with E-state index in [2.05, 4.69) is 9.47 Å². The van der Waals surface area contributed by atoms with Gasteiger partial charge in [-0.2, -0.15) is 13.2 Å². The van der Waals surface area contributed by atoms with Crippen LogP contribution in [0.15, 0.2) is 0 Å². The summed E-state index contributed by atoms with van der Waals surface area (Å²) in [6.45, 7) is 1.00. The molecule has 0 rings (SSSR count). The number of aliphatic carboxylic acids is 1. The van der Waals surface area contributed by atoms with Gasteiger partial charge in [0.1, 0.15) is 6.61 Å². The molecule has 0 aromatic rings. The van der Waals surface area contributed by atoms with Gasteiger partial charge in [-0.3, -0.25) is 9.59 Å². The van der Waals surface area contributed by atoms with E-state index in [9.17, 15) is 22.8 Å². The molecule has 0 bridgehead atoms. The summed E-state index contributed by atoms with van der Waals surface area (Å²) in [5, 5.41) is 9.10. The van der Waals surface area contributed by atoms with Gasteiger partial charge in [-0.1, -0.05) is 6.92 Å². The molecule has 0 aromatic heterocycles. The number of alkyl halides is 3. The lowest BCUT2D eigenvalue weighted by Gasteiger charge is -2.25. The van der Waals surface area contributed by atoms with E-state index in [0.717, 1.165) is 0 Å². The second-order valence-corrected chi connectivity index (χ2v) is 3.88. The van der Waals surface area contributed by atoms with E-state index in [-0.39, 0.29) is 19.4 Å². The zero-order valence-corrected chi connectivity index (χ0v) is 10.7. The number of halogens is 3. The van der Waals surface area contributed by atoms with Gasteiger partial charge in [-0.05, 0) is 19.8 Å². The van der Waals surface area contributed by atoms with Gasteiger partial charge in [-0.25, -0.2) is 0 Å². The summed E-state index contributed by atoms with van der Waals surface area (Å²) in [6, 6.07) is 0. The maximum absolute atomic E-state index is 11.9. The molecule has 1 atom stereocenters. The molecule has 0 aliphatic carbocycles. The Morgan fingerprint density at radius 3 is 2.16 bits per heavy atom. The average Bonchev–Trinajstić information content (AvgIpc) is 2.28. The van der Waals surface area contributed by atoms with Crippen LogP contribution in [0.1, 0.15) is 26.7 Å². The van der Waals surface area contributed by atoms with Crippen LogP contribution in [0.25, 0.3) is 0 Å². The second-order valence-electron chi connectivity index (χ2n) is 3.88. The van der Waals surface area contributed by atoms with Gasteiger partial charge >= 0.3 is 18.1 Å². The minimum Gasteiger partial charge on any atom is -0.480 e. The maximum atomic E-state index is 11.9. The highest BCUT2D eigenvalue weighted by molar-refractivity contribution is 5.99. The Balaban J connectivity index is 4.61. The van der Waals surface area contributed by atoms with E-state index in [4.69, 9.17) is 5.11 Å². The van der Waals surface area contributed by atoms with Crippen molar-refractivity contribution >= 4 is 11.9 Å². The molecule has 112 valence electrons. The smallest absolute Gasteiger partial charge is 0.411 e. The molecular formula is C11H17F3O5. The van der Waals surface area contributed by atoms with Crippen molar-refractivity contribution in [3.05, 3.63) is 0 Å². The number of esters is 1. The monoisotopic (exact) mass is 286 g/mol. The number of rotatable bonds is 8. The van der Waals surface area contributed by atoms with Crippen LogP contribution in [0, 0.1) is 5.41 Å². The van der Waals surface area contributed by atoms with Gasteiger partial charge in [0.2, 0.25) is 0 Å². The Hall–Kier alpha value is -1.31. The van der Waals surface area contributed by atoms with Crippen molar-refractivity contribution in [2.75, 3.05) is 19.8 Å². The average molecular weight is 286 g/mol. The SMILES string of the molecule is CCOC(=O)C(CC)(CCOCC(F)(F)F)C(=O)O. The molecule has 0 radical (unpaired) electrons. The number of hydrogen-bond donors (Lipinski definition) is 1. The summed E-state index contributed by atoms with van der Waals surface area (Å²) < 4.78 is 44.6. The fourth-order valence-electron chi connectivity index (χ4n) is 1.47. The van der Waals surface area contributed by atoms with Crippen molar-refractivity contribution in [1.82, 2.24) is 0 Å². The minimum absolute atomic E-state index is 0.00271. The Kier molecular flexibility index (Phi) is 6.82. The van der Waals surface area contributed by atoms with Crippen LogP contribution >= 0.6 is 0 Å². The molecule has 0 amide bonds. The Bertz CT molecular complexity index is 316. The van der Waals surface area contributed by atoms with Crippen LogP contribution < -0.4 is 0 Å². The van der Waals surface area contributed by atoms with Crippen LogP contribution in [-0.4, -0.2) is 43.0 Å². The third-order valence-electron chi connectivity index (χ3n) is 2.62. The van der Waals surface area contributed by atoms with Gasteiger partial charge in [0.05, 0.1) is 6.61 Å². The van der Waals surface area contributed by atoms with E-state index in [1.54, 1.807) is 0 Å². The first-order chi connectivity index (χ1) is 8.69. The summed E-state index contributed by atoms with van der Waals surface area (Å²) in [6.07, 6.45) is -4.94. The van der Waals surface area contributed by atoms with E-state index in [0.29, 0.717) is 0 Å². The number of carboxylic acid groups (broad SMARTS) is 1. The summed E-state index contributed by atoms with van der Waals surface area (Å²) in [7, 11) is 0. The second kappa shape index (κ2) is 7.32. The van der Waals surface area contributed by atoms with Gasteiger partial charge in [0, 0.05) is 6.61 Å². The molecule has 0 aromatic carbocycles. The van der Waals surface area contributed by atoms with Crippen molar-refractivity contribution in [3.63, 3.8) is 0 Å². The molecule has 1 unspecified atom stereocenters. The fraction of sp³-hybridized carbons (Fsp3) is 0.818. The molecule has 0 saturated carbocycles. The summed E-state index contributed by atoms with van der Waals surface area (Å²) in [4.78, 5) is 22.8. The zero-order valence-electron chi connectivity index (χ0n) is 10.7. The quantitative estimate of drug-likeness (QED) is 0.420. The van der Waals surface area contributed by atoms with Crippen molar-refractivity contribution in [1.29, 1.82) is 0 Å². The van der Waals surface area contributed by atoms with Crippen molar-refractivity contribution in [2.24, 2.45) is 5.41 Å². The van der Waals surface area contributed by atoms with E-state index in [1.807, 2.05) is 0 Å². The predicted molar refractivity (Wildman–Crippen MR) is 58.5 cm³/mol. The minimum atomic E-state index is -4.48.